The van der Waals surface area contributed by atoms with Gasteiger partial charge in [-0.3, -0.25) is 4.57 Å². The molecule has 2 aromatic heterocycles. The number of nitrogen functional groups attached to an aromatic ring is 1. The zero-order valence-electron chi connectivity index (χ0n) is 11.4. The summed E-state index contributed by atoms with van der Waals surface area (Å²) in [4.78, 5) is 30.1. The molecule has 0 radical (unpaired) electrons. The van der Waals surface area contributed by atoms with Crippen LogP contribution in [0.5, 0.6) is 0 Å². The van der Waals surface area contributed by atoms with Crippen LogP contribution in [0.2, 0.25) is 0 Å². The third-order valence-electron chi connectivity index (χ3n) is 3.72. The van der Waals surface area contributed by atoms with Crippen LogP contribution in [0, 0.1) is 5.92 Å². The molecule has 10 heteroatoms. The van der Waals surface area contributed by atoms with E-state index in [9.17, 15) is 4.57 Å². The number of ether oxygens (including phenoxy) is 1. The number of hydrogen-bond donors (Lipinski definition) is 3. The number of hydrogen-bond acceptors (Lipinski definition) is 6. The van der Waals surface area contributed by atoms with Gasteiger partial charge in [-0.05, 0) is 12.3 Å². The van der Waals surface area contributed by atoms with Crippen LogP contribution in [0.3, 0.4) is 0 Å². The van der Waals surface area contributed by atoms with Crippen LogP contribution < -0.4 is 5.73 Å². The predicted octanol–water partition coefficient (Wildman–Crippen LogP) is 0.339. The van der Waals surface area contributed by atoms with Crippen molar-refractivity contribution in [3.8, 4) is 0 Å². The average molecular weight is 313 g/mol. The highest BCUT2D eigenvalue weighted by molar-refractivity contribution is 7.51. The van der Waals surface area contributed by atoms with Gasteiger partial charge in [-0.1, -0.05) is 6.92 Å². The van der Waals surface area contributed by atoms with E-state index >= 15 is 0 Å². The van der Waals surface area contributed by atoms with Gasteiger partial charge in [-0.15, -0.1) is 0 Å². The van der Waals surface area contributed by atoms with Crippen LogP contribution >= 0.6 is 7.60 Å². The first-order valence-corrected chi connectivity index (χ1v) is 8.21. The standard InChI is InChI=1S/C11H16N5O4P/c1-7-2-11(7,20-6-21(17,18)19)4-16-5-14-8-3-13-10(12)15-9(8)16/h3,5,7H,2,4,6H2,1H3,(H2,12,13,15)(H2,17,18,19). The van der Waals surface area contributed by atoms with Crippen LogP contribution in [-0.4, -0.2) is 41.3 Å². The van der Waals surface area contributed by atoms with Gasteiger partial charge in [0.2, 0.25) is 5.95 Å². The molecule has 4 N–H and O–H groups in total. The summed E-state index contributed by atoms with van der Waals surface area (Å²) < 4.78 is 18.2. The van der Waals surface area contributed by atoms with Crippen LogP contribution in [0.25, 0.3) is 11.2 Å². The van der Waals surface area contributed by atoms with E-state index in [0.29, 0.717) is 17.7 Å². The fraction of sp³-hybridized carbons (Fsp3) is 0.545. The summed E-state index contributed by atoms with van der Waals surface area (Å²) in [6.45, 7) is 2.39. The summed E-state index contributed by atoms with van der Waals surface area (Å²) in [6, 6.07) is 0. The SMILES string of the molecule is CC1CC1(Cn1cnc2cnc(N)nc21)OCP(=O)(O)O. The first kappa shape index (κ1) is 14.4. The Balaban J connectivity index is 1.83. The summed E-state index contributed by atoms with van der Waals surface area (Å²) in [5, 5.41) is 0. The summed E-state index contributed by atoms with van der Waals surface area (Å²) >= 11 is 0. The van der Waals surface area contributed by atoms with Crippen LogP contribution in [-0.2, 0) is 15.8 Å². The first-order valence-electron chi connectivity index (χ1n) is 6.41. The molecular formula is C11H16N5O4P. The molecule has 1 aliphatic rings. The number of anilines is 1. The monoisotopic (exact) mass is 313 g/mol. The predicted molar refractivity (Wildman–Crippen MR) is 74.2 cm³/mol. The molecule has 0 aliphatic heterocycles. The zero-order chi connectivity index (χ0) is 15.3. The molecule has 1 saturated carbocycles. The molecule has 0 amide bonds. The fourth-order valence-corrected chi connectivity index (χ4v) is 2.84. The molecule has 1 aliphatic carbocycles. The maximum Gasteiger partial charge on any atom is 0.351 e. The van der Waals surface area contributed by atoms with Crippen molar-refractivity contribution in [3.05, 3.63) is 12.5 Å². The second kappa shape index (κ2) is 4.74. The molecule has 2 aromatic rings. The Kier molecular flexibility index (Phi) is 3.25. The lowest BCUT2D eigenvalue weighted by Gasteiger charge is -2.19. The molecule has 0 aromatic carbocycles. The van der Waals surface area contributed by atoms with Gasteiger partial charge in [-0.2, -0.15) is 4.98 Å². The Morgan fingerprint density at radius 2 is 2.29 bits per heavy atom. The molecule has 2 atom stereocenters. The number of aromatic nitrogens is 4. The number of fused-ring (bicyclic) bond motifs is 1. The molecule has 114 valence electrons. The van der Waals surface area contributed by atoms with E-state index < -0.39 is 19.5 Å². The van der Waals surface area contributed by atoms with Crippen molar-refractivity contribution in [2.45, 2.75) is 25.5 Å². The highest BCUT2D eigenvalue weighted by Gasteiger charge is 2.53. The molecule has 2 heterocycles. The smallest absolute Gasteiger partial charge is 0.351 e. The molecule has 0 saturated heterocycles. The van der Waals surface area contributed by atoms with Crippen molar-refractivity contribution in [3.63, 3.8) is 0 Å². The van der Waals surface area contributed by atoms with Gasteiger partial charge in [0, 0.05) is 0 Å². The molecule has 2 unspecified atom stereocenters. The summed E-state index contributed by atoms with van der Waals surface area (Å²) in [5.41, 5.74) is 6.19. The number of rotatable bonds is 5. The van der Waals surface area contributed by atoms with E-state index in [0.717, 1.165) is 6.42 Å². The summed E-state index contributed by atoms with van der Waals surface area (Å²) in [6.07, 6.45) is 3.29. The molecule has 0 bridgehead atoms. The molecule has 9 nitrogen and oxygen atoms in total. The lowest BCUT2D eigenvalue weighted by molar-refractivity contribution is 0.0306. The normalized spacial score (nSPS) is 25.4. The van der Waals surface area contributed by atoms with Crippen molar-refractivity contribution in [1.29, 1.82) is 0 Å². The Bertz CT molecular complexity index is 728. The lowest BCUT2D eigenvalue weighted by atomic mass is 10.2. The van der Waals surface area contributed by atoms with E-state index in [2.05, 4.69) is 15.0 Å². The van der Waals surface area contributed by atoms with Gasteiger partial charge < -0.3 is 24.8 Å². The van der Waals surface area contributed by atoms with Gasteiger partial charge in [0.25, 0.3) is 0 Å². The van der Waals surface area contributed by atoms with Crippen LogP contribution in [0.4, 0.5) is 5.95 Å². The maximum absolute atomic E-state index is 11.0. The van der Waals surface area contributed by atoms with Crippen molar-refractivity contribution in [2.24, 2.45) is 5.92 Å². The van der Waals surface area contributed by atoms with E-state index in [-0.39, 0.29) is 11.9 Å². The largest absolute Gasteiger partial charge is 0.368 e. The molecule has 0 spiro atoms. The van der Waals surface area contributed by atoms with Gasteiger partial charge in [-0.25, -0.2) is 9.97 Å². The second-order valence-electron chi connectivity index (χ2n) is 5.42. The summed E-state index contributed by atoms with van der Waals surface area (Å²) in [7, 11) is -4.19. The Hall–Kier alpha value is -1.54. The summed E-state index contributed by atoms with van der Waals surface area (Å²) in [5.74, 6) is 0.360. The number of nitrogens with zero attached hydrogens (tertiary/aromatic N) is 4. The minimum Gasteiger partial charge on any atom is -0.368 e. The van der Waals surface area contributed by atoms with E-state index in [1.54, 1.807) is 10.9 Å². The highest BCUT2D eigenvalue weighted by Crippen LogP contribution is 2.50. The van der Waals surface area contributed by atoms with Crippen molar-refractivity contribution in [2.75, 3.05) is 12.1 Å². The van der Waals surface area contributed by atoms with E-state index in [4.69, 9.17) is 20.3 Å². The average Bonchev–Trinajstić information content (AvgIpc) is 2.85. The second-order valence-corrected chi connectivity index (χ2v) is 7.01. The lowest BCUT2D eigenvalue weighted by Crippen LogP contribution is -2.24. The molecule has 21 heavy (non-hydrogen) atoms. The third-order valence-corrected chi connectivity index (χ3v) is 4.19. The van der Waals surface area contributed by atoms with Gasteiger partial charge in [0.05, 0.1) is 24.7 Å². The third kappa shape index (κ3) is 2.91. The Morgan fingerprint density at radius 3 is 2.90 bits per heavy atom. The minimum absolute atomic E-state index is 0.151. The van der Waals surface area contributed by atoms with Crippen LogP contribution in [0.15, 0.2) is 12.5 Å². The number of imidazole rings is 1. The van der Waals surface area contributed by atoms with E-state index in [1.165, 1.54) is 6.20 Å². The molecule has 1 fully saturated rings. The maximum atomic E-state index is 11.0. The van der Waals surface area contributed by atoms with Crippen molar-refractivity contribution < 1.29 is 19.1 Å². The van der Waals surface area contributed by atoms with Crippen molar-refractivity contribution >= 4 is 24.7 Å². The number of nitrogens with two attached hydrogens (primary N) is 1. The van der Waals surface area contributed by atoms with Gasteiger partial charge in [0.1, 0.15) is 11.9 Å². The highest BCUT2D eigenvalue weighted by atomic mass is 31.2. The van der Waals surface area contributed by atoms with Crippen LogP contribution in [0.1, 0.15) is 13.3 Å². The zero-order valence-corrected chi connectivity index (χ0v) is 12.3. The van der Waals surface area contributed by atoms with Gasteiger partial charge in [0.15, 0.2) is 5.65 Å². The minimum atomic E-state index is -4.19. The molecule has 3 rings (SSSR count). The van der Waals surface area contributed by atoms with Crippen molar-refractivity contribution in [1.82, 2.24) is 19.5 Å². The fourth-order valence-electron chi connectivity index (χ4n) is 2.41. The topological polar surface area (TPSA) is 136 Å². The Morgan fingerprint density at radius 1 is 1.57 bits per heavy atom. The Labute approximate surface area is 120 Å². The molecular weight excluding hydrogens is 297 g/mol. The first-order chi connectivity index (χ1) is 9.79. The van der Waals surface area contributed by atoms with Gasteiger partial charge >= 0.3 is 7.60 Å². The van der Waals surface area contributed by atoms with E-state index in [1.807, 2.05) is 6.92 Å². The quantitative estimate of drug-likeness (QED) is 0.672.